The minimum absolute atomic E-state index is 0.397. The smallest absolute Gasteiger partial charge is 0.125 e. The number of hydrogen-bond acceptors (Lipinski definition) is 4. The first-order valence-electron chi connectivity index (χ1n) is 7.06. The fourth-order valence-corrected chi connectivity index (χ4v) is 2.62. The van der Waals surface area contributed by atoms with Crippen molar-refractivity contribution < 1.29 is 14.2 Å². The summed E-state index contributed by atoms with van der Waals surface area (Å²) in [7, 11) is 4.78. The van der Waals surface area contributed by atoms with Crippen molar-refractivity contribution in [1.29, 1.82) is 5.26 Å². The Morgan fingerprint density at radius 3 is 2.35 bits per heavy atom. The van der Waals surface area contributed by atoms with Gasteiger partial charge in [-0.15, -0.1) is 0 Å². The molecule has 0 saturated heterocycles. The van der Waals surface area contributed by atoms with Gasteiger partial charge in [0.05, 0.1) is 33.3 Å². The zero-order valence-corrected chi connectivity index (χ0v) is 14.1. The van der Waals surface area contributed by atoms with E-state index in [0.717, 1.165) is 11.1 Å². The van der Waals surface area contributed by atoms with E-state index < -0.39 is 5.92 Å². The topological polar surface area (TPSA) is 51.5 Å². The largest absolute Gasteiger partial charge is 0.497 e. The number of nitrogens with zero attached hydrogens (tertiary/aromatic N) is 1. The van der Waals surface area contributed by atoms with E-state index in [2.05, 4.69) is 6.07 Å². The van der Waals surface area contributed by atoms with Crippen molar-refractivity contribution >= 4 is 11.6 Å². The minimum atomic E-state index is -0.397. The summed E-state index contributed by atoms with van der Waals surface area (Å²) in [5.74, 6) is 1.64. The Bertz CT molecular complexity index is 725. The molecule has 0 spiro atoms. The first-order chi connectivity index (χ1) is 11.1. The fraction of sp³-hybridized carbons (Fsp3) is 0.278. The lowest BCUT2D eigenvalue weighted by molar-refractivity contribution is 0.390. The summed E-state index contributed by atoms with van der Waals surface area (Å²) < 4.78 is 16.0. The molecule has 0 aliphatic heterocycles. The van der Waals surface area contributed by atoms with E-state index in [-0.39, 0.29) is 0 Å². The summed E-state index contributed by atoms with van der Waals surface area (Å²) in [4.78, 5) is 0. The van der Waals surface area contributed by atoms with Gasteiger partial charge in [-0.1, -0.05) is 17.7 Å². The Kier molecular flexibility index (Phi) is 5.72. The molecule has 0 aliphatic rings. The number of hydrogen-bond donors (Lipinski definition) is 0. The maximum Gasteiger partial charge on any atom is 0.125 e. The van der Waals surface area contributed by atoms with E-state index >= 15 is 0 Å². The summed E-state index contributed by atoms with van der Waals surface area (Å²) in [6.45, 7) is 0. The molecule has 1 atom stereocenters. The molecule has 120 valence electrons. The number of rotatable bonds is 6. The summed E-state index contributed by atoms with van der Waals surface area (Å²) in [5.41, 5.74) is 1.68. The molecule has 4 nitrogen and oxygen atoms in total. The van der Waals surface area contributed by atoms with Crippen LogP contribution in [0.4, 0.5) is 0 Å². The molecule has 0 fully saturated rings. The highest BCUT2D eigenvalue weighted by Crippen LogP contribution is 2.34. The molecule has 0 heterocycles. The standard InChI is InChI=1S/C18H18ClNO3/c1-21-15-6-4-12(18(10-15)23-3)8-13(11-20)16-9-14(19)5-7-17(16)22-2/h4-7,9-10,13H,8H2,1-3H3. The van der Waals surface area contributed by atoms with Crippen LogP contribution in [0.2, 0.25) is 5.02 Å². The molecule has 0 bridgehead atoms. The van der Waals surface area contributed by atoms with Crippen LogP contribution < -0.4 is 14.2 Å². The molecule has 2 aromatic carbocycles. The van der Waals surface area contributed by atoms with Crippen LogP contribution in [-0.4, -0.2) is 21.3 Å². The molecule has 0 aromatic heterocycles. The third kappa shape index (κ3) is 3.88. The molecule has 0 radical (unpaired) electrons. The highest BCUT2D eigenvalue weighted by Gasteiger charge is 2.19. The summed E-state index contributed by atoms with van der Waals surface area (Å²) in [6.07, 6.45) is 0.486. The molecule has 0 N–H and O–H groups in total. The second-order valence-electron chi connectivity index (χ2n) is 4.95. The second-order valence-corrected chi connectivity index (χ2v) is 5.39. The van der Waals surface area contributed by atoms with Crippen LogP contribution >= 0.6 is 11.6 Å². The van der Waals surface area contributed by atoms with E-state index in [0.29, 0.717) is 28.7 Å². The molecule has 0 aliphatic carbocycles. The molecule has 0 amide bonds. The molecule has 2 aromatic rings. The molecule has 1 unspecified atom stereocenters. The SMILES string of the molecule is COc1ccc(CC(C#N)c2cc(Cl)ccc2OC)c(OC)c1. The van der Waals surface area contributed by atoms with Gasteiger partial charge in [0.1, 0.15) is 17.2 Å². The Labute approximate surface area is 141 Å². The molecule has 0 saturated carbocycles. The normalized spacial score (nSPS) is 11.4. The van der Waals surface area contributed by atoms with Crippen molar-refractivity contribution in [2.75, 3.05) is 21.3 Å². The highest BCUT2D eigenvalue weighted by molar-refractivity contribution is 6.30. The van der Waals surface area contributed by atoms with E-state index in [1.54, 1.807) is 45.6 Å². The lowest BCUT2D eigenvalue weighted by Gasteiger charge is -2.16. The van der Waals surface area contributed by atoms with Crippen LogP contribution in [0.25, 0.3) is 0 Å². The van der Waals surface area contributed by atoms with Gasteiger partial charge in [0.25, 0.3) is 0 Å². The molecule has 5 heteroatoms. The van der Waals surface area contributed by atoms with Gasteiger partial charge in [-0.2, -0.15) is 5.26 Å². The third-order valence-electron chi connectivity index (χ3n) is 3.64. The van der Waals surface area contributed by atoms with Crippen molar-refractivity contribution in [1.82, 2.24) is 0 Å². The van der Waals surface area contributed by atoms with Crippen LogP contribution in [-0.2, 0) is 6.42 Å². The number of halogens is 1. The molecule has 23 heavy (non-hydrogen) atoms. The number of ether oxygens (including phenoxy) is 3. The quantitative estimate of drug-likeness (QED) is 0.795. The van der Waals surface area contributed by atoms with Gasteiger partial charge in [-0.3, -0.25) is 0 Å². The monoisotopic (exact) mass is 331 g/mol. The van der Waals surface area contributed by atoms with Gasteiger partial charge in [0.15, 0.2) is 0 Å². The average Bonchev–Trinajstić information content (AvgIpc) is 2.59. The maximum atomic E-state index is 9.60. The number of methoxy groups -OCH3 is 3. The van der Waals surface area contributed by atoms with E-state index in [9.17, 15) is 5.26 Å². The Hall–Kier alpha value is -2.38. The zero-order valence-electron chi connectivity index (χ0n) is 13.3. The van der Waals surface area contributed by atoms with E-state index in [1.165, 1.54) is 0 Å². The summed E-state index contributed by atoms with van der Waals surface area (Å²) in [6, 6.07) is 13.2. The zero-order chi connectivity index (χ0) is 16.8. The maximum absolute atomic E-state index is 9.60. The van der Waals surface area contributed by atoms with Crippen LogP contribution in [0.15, 0.2) is 36.4 Å². The molecule has 2 rings (SSSR count). The minimum Gasteiger partial charge on any atom is -0.497 e. The Morgan fingerprint density at radius 1 is 1.00 bits per heavy atom. The highest BCUT2D eigenvalue weighted by atomic mass is 35.5. The summed E-state index contributed by atoms with van der Waals surface area (Å²) >= 11 is 6.07. The van der Waals surface area contributed by atoms with E-state index in [1.807, 2.05) is 12.1 Å². The summed E-state index contributed by atoms with van der Waals surface area (Å²) in [5, 5.41) is 10.2. The number of nitriles is 1. The third-order valence-corrected chi connectivity index (χ3v) is 3.88. The number of benzene rings is 2. The van der Waals surface area contributed by atoms with Crippen molar-refractivity contribution in [2.45, 2.75) is 12.3 Å². The van der Waals surface area contributed by atoms with Gasteiger partial charge in [0.2, 0.25) is 0 Å². The van der Waals surface area contributed by atoms with Gasteiger partial charge in [-0.25, -0.2) is 0 Å². The van der Waals surface area contributed by atoms with Gasteiger partial charge < -0.3 is 14.2 Å². The average molecular weight is 332 g/mol. The van der Waals surface area contributed by atoms with Gasteiger partial charge in [0, 0.05) is 16.7 Å². The van der Waals surface area contributed by atoms with Crippen LogP contribution in [0, 0.1) is 11.3 Å². The molecular weight excluding hydrogens is 314 g/mol. The van der Waals surface area contributed by atoms with Gasteiger partial charge in [-0.05, 0) is 36.2 Å². The van der Waals surface area contributed by atoms with Crippen molar-refractivity contribution in [2.24, 2.45) is 0 Å². The first kappa shape index (κ1) is 17.0. The predicted octanol–water partition coefficient (Wildman–Crippen LogP) is 4.22. The van der Waals surface area contributed by atoms with E-state index in [4.69, 9.17) is 25.8 Å². The van der Waals surface area contributed by atoms with Crippen LogP contribution in [0.3, 0.4) is 0 Å². The Morgan fingerprint density at radius 2 is 1.74 bits per heavy atom. The second kappa shape index (κ2) is 7.75. The van der Waals surface area contributed by atoms with Gasteiger partial charge >= 0.3 is 0 Å². The van der Waals surface area contributed by atoms with Crippen LogP contribution in [0.1, 0.15) is 17.0 Å². The fourth-order valence-electron chi connectivity index (χ4n) is 2.44. The van der Waals surface area contributed by atoms with Crippen molar-refractivity contribution in [3.63, 3.8) is 0 Å². The molecular formula is C18H18ClNO3. The lowest BCUT2D eigenvalue weighted by atomic mass is 9.92. The first-order valence-corrected chi connectivity index (χ1v) is 7.44. The van der Waals surface area contributed by atoms with Crippen LogP contribution in [0.5, 0.6) is 17.2 Å². The Balaban J connectivity index is 2.37. The predicted molar refractivity (Wildman–Crippen MR) is 89.6 cm³/mol. The van der Waals surface area contributed by atoms with Crippen molar-refractivity contribution in [3.8, 4) is 23.3 Å². The van der Waals surface area contributed by atoms with Crippen molar-refractivity contribution in [3.05, 3.63) is 52.5 Å². The lowest BCUT2D eigenvalue weighted by Crippen LogP contribution is -2.05.